The van der Waals surface area contributed by atoms with Crippen LogP contribution in [0.25, 0.3) is 0 Å². The summed E-state index contributed by atoms with van der Waals surface area (Å²) in [6, 6.07) is 17.0. The van der Waals surface area contributed by atoms with E-state index in [1.54, 1.807) is 4.90 Å². The maximum Gasteiger partial charge on any atom is 0.289 e. The Labute approximate surface area is 188 Å². The molecule has 2 unspecified atom stereocenters. The summed E-state index contributed by atoms with van der Waals surface area (Å²) < 4.78 is 0. The molecule has 7 nitrogen and oxygen atoms in total. The summed E-state index contributed by atoms with van der Waals surface area (Å²) in [5, 5.41) is 5.34. The van der Waals surface area contributed by atoms with Gasteiger partial charge in [-0.05, 0) is 24.0 Å². The van der Waals surface area contributed by atoms with Gasteiger partial charge in [0, 0.05) is 25.9 Å². The number of carbonyl (C=O) groups excluding carboxylic acids is 4. The molecule has 0 bridgehead atoms. The van der Waals surface area contributed by atoms with E-state index < -0.39 is 29.7 Å². The lowest BCUT2D eigenvalue weighted by Gasteiger charge is -2.26. The first-order valence-corrected chi connectivity index (χ1v) is 11.0. The van der Waals surface area contributed by atoms with Gasteiger partial charge >= 0.3 is 0 Å². The number of benzene rings is 2. The fourth-order valence-electron chi connectivity index (χ4n) is 3.80. The van der Waals surface area contributed by atoms with Gasteiger partial charge in [-0.3, -0.25) is 19.2 Å². The number of amides is 3. The van der Waals surface area contributed by atoms with E-state index in [4.69, 9.17) is 0 Å². The molecule has 0 saturated carbocycles. The van der Waals surface area contributed by atoms with Crippen LogP contribution in [-0.2, 0) is 32.1 Å². The van der Waals surface area contributed by atoms with Crippen molar-refractivity contribution in [3.63, 3.8) is 0 Å². The summed E-state index contributed by atoms with van der Waals surface area (Å²) in [7, 11) is 0. The van der Waals surface area contributed by atoms with Gasteiger partial charge in [-0.15, -0.1) is 0 Å². The molecular weight excluding hydrogens is 406 g/mol. The minimum atomic E-state index is -1.00. The lowest BCUT2D eigenvalue weighted by Crippen LogP contribution is -2.53. The third-order valence-corrected chi connectivity index (χ3v) is 5.50. The van der Waals surface area contributed by atoms with E-state index in [-0.39, 0.29) is 18.7 Å². The molecule has 0 aliphatic carbocycles. The maximum absolute atomic E-state index is 13.1. The molecule has 2 N–H and O–H groups in total. The predicted octanol–water partition coefficient (Wildman–Crippen LogP) is 2.00. The molecule has 0 radical (unpaired) electrons. The smallest absolute Gasteiger partial charge is 0.289 e. The van der Waals surface area contributed by atoms with E-state index >= 15 is 0 Å². The molecule has 1 aliphatic heterocycles. The first-order chi connectivity index (χ1) is 15.5. The van der Waals surface area contributed by atoms with Crippen molar-refractivity contribution in [1.29, 1.82) is 0 Å². The lowest BCUT2D eigenvalue weighted by molar-refractivity contribution is -0.141. The predicted molar refractivity (Wildman–Crippen MR) is 120 cm³/mol. The average Bonchev–Trinajstić information content (AvgIpc) is 3.18. The number of hydrogen-bond acceptors (Lipinski definition) is 4. The first kappa shape index (κ1) is 23.2. The second-order valence-corrected chi connectivity index (χ2v) is 7.93. The Morgan fingerprint density at radius 2 is 1.62 bits per heavy atom. The van der Waals surface area contributed by atoms with Crippen LogP contribution >= 0.6 is 0 Å². The molecule has 1 fully saturated rings. The summed E-state index contributed by atoms with van der Waals surface area (Å²) in [5.74, 6) is -1.91. The maximum atomic E-state index is 13.1. The highest BCUT2D eigenvalue weighted by molar-refractivity contribution is 6.38. The molecule has 3 rings (SSSR count). The lowest BCUT2D eigenvalue weighted by atomic mass is 10.0. The van der Waals surface area contributed by atoms with Crippen LogP contribution in [0.15, 0.2) is 60.7 Å². The van der Waals surface area contributed by atoms with Gasteiger partial charge in [0.05, 0.1) is 0 Å². The Kier molecular flexibility index (Phi) is 8.14. The number of ketones is 1. The van der Waals surface area contributed by atoms with Crippen LogP contribution in [0.5, 0.6) is 0 Å². The summed E-state index contributed by atoms with van der Waals surface area (Å²) in [6.45, 7) is 2.61. The van der Waals surface area contributed by atoms with Crippen LogP contribution < -0.4 is 10.6 Å². The first-order valence-electron chi connectivity index (χ1n) is 11.0. The van der Waals surface area contributed by atoms with Crippen molar-refractivity contribution in [1.82, 2.24) is 15.5 Å². The Hall–Kier alpha value is -3.48. The SMILES string of the molecule is CCCNC(=O)C(=O)C(Cc1ccccc1)NC(=O)C1CCC(=O)N1Cc1ccccc1. The van der Waals surface area contributed by atoms with Crippen molar-refractivity contribution in [2.24, 2.45) is 0 Å². The number of nitrogens with zero attached hydrogens (tertiary/aromatic N) is 1. The van der Waals surface area contributed by atoms with Gasteiger partial charge in [0.1, 0.15) is 12.1 Å². The van der Waals surface area contributed by atoms with Gasteiger partial charge in [0.2, 0.25) is 17.6 Å². The van der Waals surface area contributed by atoms with Crippen molar-refractivity contribution >= 4 is 23.5 Å². The zero-order chi connectivity index (χ0) is 22.9. The number of hydrogen-bond donors (Lipinski definition) is 2. The van der Waals surface area contributed by atoms with Crippen molar-refractivity contribution in [2.45, 2.75) is 51.2 Å². The Bertz CT molecular complexity index is 946. The van der Waals surface area contributed by atoms with Crippen molar-refractivity contribution < 1.29 is 19.2 Å². The number of Topliss-reactive ketones (excluding diaryl/α,β-unsaturated/α-hetero) is 1. The number of carbonyl (C=O) groups is 4. The molecule has 2 atom stereocenters. The standard InChI is InChI=1S/C25H29N3O4/c1-2-15-26-25(32)23(30)20(16-18-9-5-3-6-10-18)27-24(31)21-13-14-22(29)28(21)17-19-11-7-4-8-12-19/h3-12,20-21H,2,13-17H2,1H3,(H,26,32)(H,27,31). The van der Waals surface area contributed by atoms with Crippen LogP contribution in [0.2, 0.25) is 0 Å². The molecule has 168 valence electrons. The number of likely N-dealkylation sites (tertiary alicyclic amines) is 1. The molecule has 7 heteroatoms. The monoisotopic (exact) mass is 435 g/mol. The van der Waals surface area contributed by atoms with Crippen LogP contribution in [0.3, 0.4) is 0 Å². The van der Waals surface area contributed by atoms with Gasteiger partial charge in [-0.25, -0.2) is 0 Å². The number of rotatable bonds is 10. The highest BCUT2D eigenvalue weighted by Gasteiger charge is 2.38. The Balaban J connectivity index is 1.74. The molecule has 32 heavy (non-hydrogen) atoms. The van der Waals surface area contributed by atoms with Gasteiger partial charge in [-0.1, -0.05) is 67.6 Å². The van der Waals surface area contributed by atoms with E-state index in [9.17, 15) is 19.2 Å². The highest BCUT2D eigenvalue weighted by atomic mass is 16.2. The summed E-state index contributed by atoms with van der Waals surface area (Å²) in [5.41, 5.74) is 1.76. The van der Waals surface area contributed by atoms with E-state index in [1.165, 1.54) is 0 Å². The average molecular weight is 436 g/mol. The van der Waals surface area contributed by atoms with Gasteiger partial charge in [0.25, 0.3) is 5.91 Å². The van der Waals surface area contributed by atoms with Crippen molar-refractivity contribution in [2.75, 3.05) is 6.54 Å². The largest absolute Gasteiger partial charge is 0.349 e. The third kappa shape index (κ3) is 6.03. The van der Waals surface area contributed by atoms with Crippen LogP contribution in [0, 0.1) is 0 Å². The molecule has 1 aliphatic rings. The third-order valence-electron chi connectivity index (χ3n) is 5.50. The van der Waals surface area contributed by atoms with Crippen LogP contribution in [-0.4, -0.2) is 47.0 Å². The minimum Gasteiger partial charge on any atom is -0.349 e. The molecule has 3 amide bonds. The molecule has 0 spiro atoms. The van der Waals surface area contributed by atoms with Gasteiger partial charge in [-0.2, -0.15) is 0 Å². The fraction of sp³-hybridized carbons (Fsp3) is 0.360. The molecule has 1 heterocycles. The topological polar surface area (TPSA) is 95.6 Å². The van der Waals surface area contributed by atoms with Crippen LogP contribution in [0.1, 0.15) is 37.3 Å². The number of nitrogens with one attached hydrogen (secondary N) is 2. The van der Waals surface area contributed by atoms with E-state index in [1.807, 2.05) is 67.6 Å². The zero-order valence-corrected chi connectivity index (χ0v) is 18.3. The Morgan fingerprint density at radius 1 is 1.00 bits per heavy atom. The van der Waals surface area contributed by atoms with Crippen molar-refractivity contribution in [3.8, 4) is 0 Å². The molecule has 1 saturated heterocycles. The Morgan fingerprint density at radius 3 is 2.25 bits per heavy atom. The quantitative estimate of drug-likeness (QED) is 0.558. The van der Waals surface area contributed by atoms with Crippen LogP contribution in [0.4, 0.5) is 0 Å². The van der Waals surface area contributed by atoms with Gasteiger partial charge < -0.3 is 15.5 Å². The normalized spacial score (nSPS) is 16.5. The van der Waals surface area contributed by atoms with E-state index in [0.717, 1.165) is 11.1 Å². The van der Waals surface area contributed by atoms with E-state index in [2.05, 4.69) is 10.6 Å². The second-order valence-electron chi connectivity index (χ2n) is 7.93. The minimum absolute atomic E-state index is 0.0966. The zero-order valence-electron chi connectivity index (χ0n) is 18.3. The summed E-state index contributed by atoms with van der Waals surface area (Å²) >= 11 is 0. The van der Waals surface area contributed by atoms with Gasteiger partial charge in [0.15, 0.2) is 0 Å². The summed E-state index contributed by atoms with van der Waals surface area (Å²) in [4.78, 5) is 52.3. The van der Waals surface area contributed by atoms with E-state index in [0.29, 0.717) is 25.9 Å². The molecule has 2 aromatic carbocycles. The highest BCUT2D eigenvalue weighted by Crippen LogP contribution is 2.22. The molecular formula is C25H29N3O4. The molecule has 0 aromatic heterocycles. The summed E-state index contributed by atoms with van der Waals surface area (Å²) in [6.07, 6.45) is 1.56. The second kappa shape index (κ2) is 11.2. The fourth-order valence-corrected chi connectivity index (χ4v) is 3.80. The molecule has 2 aromatic rings. The van der Waals surface area contributed by atoms with Crippen molar-refractivity contribution in [3.05, 3.63) is 71.8 Å².